The molecule has 0 fully saturated rings. The predicted octanol–water partition coefficient (Wildman–Crippen LogP) is 3.60. The van der Waals surface area contributed by atoms with Gasteiger partial charge in [0.05, 0.1) is 13.2 Å². The first kappa shape index (κ1) is 14.1. The number of rotatable bonds is 5. The third kappa shape index (κ3) is 4.08. The standard InChI is InChI=1S/C16H17BrO2/c1-19-16-5-3-2-4-13(16)11-15(18)10-12-6-8-14(17)9-7-12/h2-9,15,18H,10-11H2,1H3. The Labute approximate surface area is 122 Å². The molecule has 2 nitrogen and oxygen atoms in total. The van der Waals surface area contributed by atoms with Gasteiger partial charge in [0.15, 0.2) is 0 Å². The van der Waals surface area contributed by atoms with E-state index in [1.54, 1.807) is 7.11 Å². The highest BCUT2D eigenvalue weighted by molar-refractivity contribution is 9.10. The summed E-state index contributed by atoms with van der Waals surface area (Å²) in [7, 11) is 1.65. The topological polar surface area (TPSA) is 29.5 Å². The van der Waals surface area contributed by atoms with E-state index >= 15 is 0 Å². The van der Waals surface area contributed by atoms with E-state index in [1.807, 2.05) is 48.5 Å². The minimum atomic E-state index is -0.405. The number of aliphatic hydroxyl groups is 1. The van der Waals surface area contributed by atoms with E-state index in [0.717, 1.165) is 21.3 Å². The highest BCUT2D eigenvalue weighted by Gasteiger charge is 2.10. The maximum atomic E-state index is 10.2. The van der Waals surface area contributed by atoms with Crippen molar-refractivity contribution in [3.05, 3.63) is 64.1 Å². The number of halogens is 1. The van der Waals surface area contributed by atoms with Gasteiger partial charge in [-0.15, -0.1) is 0 Å². The van der Waals surface area contributed by atoms with Crippen molar-refractivity contribution < 1.29 is 9.84 Å². The van der Waals surface area contributed by atoms with Crippen LogP contribution < -0.4 is 4.74 Å². The summed E-state index contributed by atoms with van der Waals surface area (Å²) in [4.78, 5) is 0. The average Bonchev–Trinajstić information content (AvgIpc) is 2.42. The van der Waals surface area contributed by atoms with Crippen LogP contribution in [0.4, 0.5) is 0 Å². The van der Waals surface area contributed by atoms with Crippen LogP contribution in [0, 0.1) is 0 Å². The molecule has 0 aliphatic carbocycles. The molecule has 0 saturated carbocycles. The summed E-state index contributed by atoms with van der Waals surface area (Å²) >= 11 is 3.41. The molecule has 0 saturated heterocycles. The van der Waals surface area contributed by atoms with E-state index in [0.29, 0.717) is 12.8 Å². The molecule has 0 aliphatic rings. The minimum Gasteiger partial charge on any atom is -0.496 e. The lowest BCUT2D eigenvalue weighted by molar-refractivity contribution is 0.174. The van der Waals surface area contributed by atoms with Crippen molar-refractivity contribution in [1.29, 1.82) is 0 Å². The van der Waals surface area contributed by atoms with Crippen molar-refractivity contribution in [2.24, 2.45) is 0 Å². The largest absolute Gasteiger partial charge is 0.496 e. The van der Waals surface area contributed by atoms with E-state index in [1.165, 1.54) is 0 Å². The summed E-state index contributed by atoms with van der Waals surface area (Å²) in [5.41, 5.74) is 2.17. The van der Waals surface area contributed by atoms with Crippen molar-refractivity contribution in [3.8, 4) is 5.75 Å². The van der Waals surface area contributed by atoms with E-state index in [2.05, 4.69) is 15.9 Å². The van der Waals surface area contributed by atoms with Gasteiger partial charge in [0.1, 0.15) is 5.75 Å². The first-order valence-corrected chi connectivity index (χ1v) is 7.02. The monoisotopic (exact) mass is 320 g/mol. The Morgan fingerprint density at radius 1 is 1.05 bits per heavy atom. The van der Waals surface area contributed by atoms with Gasteiger partial charge in [0.2, 0.25) is 0 Å². The molecule has 0 amide bonds. The van der Waals surface area contributed by atoms with Gasteiger partial charge in [-0.3, -0.25) is 0 Å². The lowest BCUT2D eigenvalue weighted by Gasteiger charge is -2.13. The zero-order valence-electron chi connectivity index (χ0n) is 10.8. The lowest BCUT2D eigenvalue weighted by Crippen LogP contribution is -2.14. The van der Waals surface area contributed by atoms with Crippen LogP contribution in [-0.2, 0) is 12.8 Å². The van der Waals surface area contributed by atoms with Gasteiger partial charge in [0.25, 0.3) is 0 Å². The smallest absolute Gasteiger partial charge is 0.122 e. The summed E-state index contributed by atoms with van der Waals surface area (Å²) in [6.45, 7) is 0. The number of ether oxygens (including phenoxy) is 1. The molecule has 2 aromatic carbocycles. The highest BCUT2D eigenvalue weighted by atomic mass is 79.9. The van der Waals surface area contributed by atoms with Crippen LogP contribution in [0.1, 0.15) is 11.1 Å². The Kier molecular flexibility index (Phi) is 5.00. The number of hydrogen-bond acceptors (Lipinski definition) is 2. The molecule has 0 bridgehead atoms. The Morgan fingerprint density at radius 3 is 2.42 bits per heavy atom. The second kappa shape index (κ2) is 6.73. The van der Waals surface area contributed by atoms with Gasteiger partial charge < -0.3 is 9.84 Å². The number of benzene rings is 2. The van der Waals surface area contributed by atoms with Crippen molar-refractivity contribution in [3.63, 3.8) is 0 Å². The lowest BCUT2D eigenvalue weighted by atomic mass is 10.0. The molecule has 1 atom stereocenters. The molecular weight excluding hydrogens is 304 g/mol. The third-order valence-corrected chi connectivity index (χ3v) is 3.56. The van der Waals surface area contributed by atoms with Gasteiger partial charge in [-0.25, -0.2) is 0 Å². The number of methoxy groups -OCH3 is 1. The van der Waals surface area contributed by atoms with Gasteiger partial charge in [-0.1, -0.05) is 46.3 Å². The Balaban J connectivity index is 2.01. The van der Waals surface area contributed by atoms with Crippen LogP contribution in [-0.4, -0.2) is 18.3 Å². The Hall–Kier alpha value is -1.32. The van der Waals surface area contributed by atoms with Crippen molar-refractivity contribution in [2.45, 2.75) is 18.9 Å². The maximum absolute atomic E-state index is 10.2. The summed E-state index contributed by atoms with van der Waals surface area (Å²) in [5, 5.41) is 10.2. The molecular formula is C16H17BrO2. The fraction of sp³-hybridized carbons (Fsp3) is 0.250. The molecule has 2 rings (SSSR count). The highest BCUT2D eigenvalue weighted by Crippen LogP contribution is 2.20. The van der Waals surface area contributed by atoms with Crippen LogP contribution in [0.3, 0.4) is 0 Å². The molecule has 19 heavy (non-hydrogen) atoms. The minimum absolute atomic E-state index is 0.405. The quantitative estimate of drug-likeness (QED) is 0.912. The second-order valence-electron chi connectivity index (χ2n) is 4.50. The zero-order chi connectivity index (χ0) is 13.7. The predicted molar refractivity (Wildman–Crippen MR) is 80.6 cm³/mol. The first-order valence-electron chi connectivity index (χ1n) is 6.23. The molecule has 1 N–H and O–H groups in total. The molecule has 2 aromatic rings. The molecule has 1 unspecified atom stereocenters. The zero-order valence-corrected chi connectivity index (χ0v) is 12.4. The van der Waals surface area contributed by atoms with Crippen molar-refractivity contribution in [2.75, 3.05) is 7.11 Å². The molecule has 0 aromatic heterocycles. The van der Waals surface area contributed by atoms with Crippen LogP contribution in [0.2, 0.25) is 0 Å². The molecule has 0 aliphatic heterocycles. The normalized spacial score (nSPS) is 12.2. The summed E-state index contributed by atoms with van der Waals surface area (Å²) < 4.78 is 6.35. The third-order valence-electron chi connectivity index (χ3n) is 3.03. The summed E-state index contributed by atoms with van der Waals surface area (Å²) in [6, 6.07) is 15.8. The fourth-order valence-corrected chi connectivity index (χ4v) is 2.35. The number of hydrogen-bond donors (Lipinski definition) is 1. The summed E-state index contributed by atoms with van der Waals surface area (Å²) in [5.74, 6) is 0.831. The second-order valence-corrected chi connectivity index (χ2v) is 5.42. The van der Waals surface area contributed by atoms with E-state index < -0.39 is 6.10 Å². The van der Waals surface area contributed by atoms with Crippen LogP contribution in [0.5, 0.6) is 5.75 Å². The van der Waals surface area contributed by atoms with Gasteiger partial charge in [-0.05, 0) is 35.7 Å². The summed E-state index contributed by atoms with van der Waals surface area (Å²) in [6.07, 6.45) is 0.836. The average molecular weight is 321 g/mol. The van der Waals surface area contributed by atoms with E-state index in [4.69, 9.17) is 4.74 Å². The number of para-hydroxylation sites is 1. The first-order chi connectivity index (χ1) is 9.19. The molecule has 0 heterocycles. The van der Waals surface area contributed by atoms with Gasteiger partial charge in [0, 0.05) is 10.9 Å². The van der Waals surface area contributed by atoms with Crippen molar-refractivity contribution >= 4 is 15.9 Å². The van der Waals surface area contributed by atoms with Gasteiger partial charge in [-0.2, -0.15) is 0 Å². The molecule has 100 valence electrons. The van der Waals surface area contributed by atoms with Crippen LogP contribution in [0.15, 0.2) is 53.0 Å². The van der Waals surface area contributed by atoms with Crippen LogP contribution >= 0.6 is 15.9 Å². The Bertz CT molecular complexity index is 523. The van der Waals surface area contributed by atoms with E-state index in [-0.39, 0.29) is 0 Å². The molecule has 0 spiro atoms. The van der Waals surface area contributed by atoms with Gasteiger partial charge >= 0.3 is 0 Å². The SMILES string of the molecule is COc1ccccc1CC(O)Cc1ccc(Br)cc1. The fourth-order valence-electron chi connectivity index (χ4n) is 2.09. The number of aliphatic hydroxyl groups excluding tert-OH is 1. The van der Waals surface area contributed by atoms with Crippen LogP contribution in [0.25, 0.3) is 0 Å². The van der Waals surface area contributed by atoms with E-state index in [9.17, 15) is 5.11 Å². The molecule has 0 radical (unpaired) electrons. The maximum Gasteiger partial charge on any atom is 0.122 e. The molecule has 3 heteroatoms. The van der Waals surface area contributed by atoms with Crippen molar-refractivity contribution in [1.82, 2.24) is 0 Å². The Morgan fingerprint density at radius 2 is 1.74 bits per heavy atom.